The maximum atomic E-state index is 6.31. The predicted molar refractivity (Wildman–Crippen MR) is 69.1 cm³/mol. The molecule has 1 saturated carbocycles. The lowest BCUT2D eigenvalue weighted by molar-refractivity contribution is 0.239. The first-order valence-electron chi connectivity index (χ1n) is 6.20. The summed E-state index contributed by atoms with van der Waals surface area (Å²) in [7, 11) is 0. The van der Waals surface area contributed by atoms with Gasteiger partial charge < -0.3 is 10.2 Å². The summed E-state index contributed by atoms with van der Waals surface area (Å²) in [5.41, 5.74) is 7.44. The van der Waals surface area contributed by atoms with Crippen LogP contribution in [0.25, 0.3) is 0 Å². The van der Waals surface area contributed by atoms with E-state index in [9.17, 15) is 0 Å². The van der Waals surface area contributed by atoms with Gasteiger partial charge in [-0.2, -0.15) is 0 Å². The van der Waals surface area contributed by atoms with Gasteiger partial charge >= 0.3 is 0 Å². The Bertz CT molecular complexity index is 328. The number of hydrogen-bond acceptors (Lipinski definition) is 2. The molecule has 1 fully saturated rings. The van der Waals surface area contributed by atoms with E-state index in [4.69, 9.17) is 10.2 Å². The van der Waals surface area contributed by atoms with Crippen LogP contribution in [0, 0.1) is 11.8 Å². The molecule has 1 aromatic rings. The second-order valence-electron chi connectivity index (χ2n) is 4.86. The standard InChI is InChI=1S/C13H20BrNO/c1-2-9-3-5-10(6-4-9)12(15)11-7-8-16-13(11)14/h7-10,12H,2-6,15H2,1H3. The fourth-order valence-electron chi connectivity index (χ4n) is 2.75. The molecule has 1 unspecified atom stereocenters. The minimum absolute atomic E-state index is 0.130. The molecule has 0 bridgehead atoms. The molecule has 0 aromatic carbocycles. The van der Waals surface area contributed by atoms with Crippen molar-refractivity contribution in [2.45, 2.75) is 45.1 Å². The van der Waals surface area contributed by atoms with Gasteiger partial charge in [0.25, 0.3) is 0 Å². The van der Waals surface area contributed by atoms with Crippen LogP contribution in [0.5, 0.6) is 0 Å². The zero-order valence-electron chi connectivity index (χ0n) is 9.79. The highest BCUT2D eigenvalue weighted by molar-refractivity contribution is 9.10. The largest absolute Gasteiger partial charge is 0.457 e. The Labute approximate surface area is 106 Å². The highest BCUT2D eigenvalue weighted by atomic mass is 79.9. The van der Waals surface area contributed by atoms with Crippen LogP contribution in [-0.2, 0) is 0 Å². The minimum Gasteiger partial charge on any atom is -0.457 e. The van der Waals surface area contributed by atoms with Crippen molar-refractivity contribution in [3.05, 3.63) is 22.6 Å². The Kier molecular flexibility index (Phi) is 4.09. The molecule has 2 nitrogen and oxygen atoms in total. The van der Waals surface area contributed by atoms with E-state index in [1.54, 1.807) is 6.26 Å². The normalized spacial score (nSPS) is 27.9. The molecule has 0 saturated heterocycles. The van der Waals surface area contributed by atoms with Crippen LogP contribution in [0.15, 0.2) is 21.4 Å². The summed E-state index contributed by atoms with van der Waals surface area (Å²) in [4.78, 5) is 0. The van der Waals surface area contributed by atoms with E-state index in [0.29, 0.717) is 5.92 Å². The van der Waals surface area contributed by atoms with Crippen molar-refractivity contribution in [2.75, 3.05) is 0 Å². The Balaban J connectivity index is 1.97. The average Bonchev–Trinajstić information content (AvgIpc) is 2.75. The average molecular weight is 286 g/mol. The van der Waals surface area contributed by atoms with Crippen LogP contribution < -0.4 is 5.73 Å². The third-order valence-corrected chi connectivity index (χ3v) is 4.63. The summed E-state index contributed by atoms with van der Waals surface area (Å²) >= 11 is 3.41. The van der Waals surface area contributed by atoms with E-state index in [1.165, 1.54) is 32.1 Å². The predicted octanol–water partition coefficient (Wildman–Crippen LogP) is 4.26. The maximum absolute atomic E-state index is 6.31. The molecular formula is C13H20BrNO. The van der Waals surface area contributed by atoms with Crippen LogP contribution in [-0.4, -0.2) is 0 Å². The quantitative estimate of drug-likeness (QED) is 0.901. The number of halogens is 1. The summed E-state index contributed by atoms with van der Waals surface area (Å²) in [5.74, 6) is 1.55. The van der Waals surface area contributed by atoms with Gasteiger partial charge in [-0.05, 0) is 46.7 Å². The number of furan rings is 1. The Morgan fingerprint density at radius 2 is 2.12 bits per heavy atom. The fraction of sp³-hybridized carbons (Fsp3) is 0.692. The van der Waals surface area contributed by atoms with E-state index >= 15 is 0 Å². The highest BCUT2D eigenvalue weighted by Gasteiger charge is 2.27. The smallest absolute Gasteiger partial charge is 0.173 e. The summed E-state index contributed by atoms with van der Waals surface area (Å²) in [6.45, 7) is 2.29. The topological polar surface area (TPSA) is 39.2 Å². The molecule has 1 aromatic heterocycles. The van der Waals surface area contributed by atoms with Crippen molar-refractivity contribution in [1.82, 2.24) is 0 Å². The zero-order chi connectivity index (χ0) is 11.5. The van der Waals surface area contributed by atoms with E-state index in [1.807, 2.05) is 6.07 Å². The molecule has 2 rings (SSSR count). The molecule has 0 aliphatic heterocycles. The summed E-state index contributed by atoms with van der Waals surface area (Å²) < 4.78 is 6.06. The Morgan fingerprint density at radius 1 is 1.44 bits per heavy atom. The van der Waals surface area contributed by atoms with E-state index in [2.05, 4.69) is 22.9 Å². The minimum atomic E-state index is 0.130. The van der Waals surface area contributed by atoms with Crippen LogP contribution in [0.2, 0.25) is 0 Å². The lowest BCUT2D eigenvalue weighted by Crippen LogP contribution is -2.25. The lowest BCUT2D eigenvalue weighted by atomic mass is 9.76. The van der Waals surface area contributed by atoms with Crippen molar-refractivity contribution in [3.8, 4) is 0 Å². The Morgan fingerprint density at radius 3 is 2.62 bits per heavy atom. The maximum Gasteiger partial charge on any atom is 0.173 e. The molecule has 1 heterocycles. The highest BCUT2D eigenvalue weighted by Crippen LogP contribution is 2.38. The lowest BCUT2D eigenvalue weighted by Gasteiger charge is -2.31. The molecule has 0 amide bonds. The third-order valence-electron chi connectivity index (χ3n) is 3.98. The third kappa shape index (κ3) is 2.51. The number of hydrogen-bond donors (Lipinski definition) is 1. The number of rotatable bonds is 3. The van der Waals surface area contributed by atoms with Crippen LogP contribution in [0.4, 0.5) is 0 Å². The first-order valence-corrected chi connectivity index (χ1v) is 7.00. The first kappa shape index (κ1) is 12.2. The summed E-state index contributed by atoms with van der Waals surface area (Å²) in [6, 6.07) is 2.12. The SMILES string of the molecule is CCC1CCC(C(N)c2ccoc2Br)CC1. The van der Waals surface area contributed by atoms with Gasteiger partial charge in [0.15, 0.2) is 4.67 Å². The van der Waals surface area contributed by atoms with Crippen LogP contribution in [0.3, 0.4) is 0 Å². The van der Waals surface area contributed by atoms with Crippen molar-refractivity contribution in [2.24, 2.45) is 17.6 Å². The molecule has 0 radical (unpaired) electrons. The molecular weight excluding hydrogens is 266 g/mol. The van der Waals surface area contributed by atoms with E-state index in [0.717, 1.165) is 16.2 Å². The summed E-state index contributed by atoms with van der Waals surface area (Å²) in [6.07, 6.45) is 8.22. The Hall–Kier alpha value is -0.280. The van der Waals surface area contributed by atoms with Gasteiger partial charge in [-0.25, -0.2) is 0 Å². The molecule has 90 valence electrons. The van der Waals surface area contributed by atoms with Gasteiger partial charge in [-0.3, -0.25) is 0 Å². The molecule has 0 spiro atoms. The molecule has 1 aliphatic rings. The molecule has 1 aliphatic carbocycles. The monoisotopic (exact) mass is 285 g/mol. The van der Waals surface area contributed by atoms with E-state index in [-0.39, 0.29) is 6.04 Å². The van der Waals surface area contributed by atoms with Gasteiger partial charge in [-0.15, -0.1) is 0 Å². The van der Waals surface area contributed by atoms with Crippen molar-refractivity contribution >= 4 is 15.9 Å². The van der Waals surface area contributed by atoms with Crippen molar-refractivity contribution < 1.29 is 4.42 Å². The van der Waals surface area contributed by atoms with Gasteiger partial charge in [0.2, 0.25) is 0 Å². The number of nitrogens with two attached hydrogens (primary N) is 1. The van der Waals surface area contributed by atoms with Crippen LogP contribution >= 0.6 is 15.9 Å². The van der Waals surface area contributed by atoms with Crippen molar-refractivity contribution in [1.29, 1.82) is 0 Å². The fourth-order valence-corrected chi connectivity index (χ4v) is 3.26. The van der Waals surface area contributed by atoms with Gasteiger partial charge in [0, 0.05) is 11.6 Å². The summed E-state index contributed by atoms with van der Waals surface area (Å²) in [5, 5.41) is 0. The van der Waals surface area contributed by atoms with Gasteiger partial charge in [-0.1, -0.05) is 26.2 Å². The molecule has 1 atom stereocenters. The second-order valence-corrected chi connectivity index (χ2v) is 5.58. The van der Waals surface area contributed by atoms with Crippen LogP contribution in [0.1, 0.15) is 50.6 Å². The zero-order valence-corrected chi connectivity index (χ0v) is 11.4. The first-order chi connectivity index (χ1) is 7.72. The van der Waals surface area contributed by atoms with E-state index < -0.39 is 0 Å². The van der Waals surface area contributed by atoms with Crippen molar-refractivity contribution in [3.63, 3.8) is 0 Å². The van der Waals surface area contributed by atoms with Gasteiger partial charge in [0.1, 0.15) is 0 Å². The molecule has 3 heteroatoms. The molecule has 2 N–H and O–H groups in total. The van der Waals surface area contributed by atoms with Gasteiger partial charge in [0.05, 0.1) is 6.26 Å². The molecule has 16 heavy (non-hydrogen) atoms. The second kappa shape index (κ2) is 5.37.